The van der Waals surface area contributed by atoms with Crippen LogP contribution in [0.5, 0.6) is 5.88 Å². The van der Waals surface area contributed by atoms with Crippen LogP contribution in [-0.2, 0) is 0 Å². The third kappa shape index (κ3) is 5.11. The van der Waals surface area contributed by atoms with E-state index in [4.69, 9.17) is 4.74 Å². The molecule has 9 nitrogen and oxygen atoms in total. The van der Waals surface area contributed by atoms with Crippen LogP contribution < -0.4 is 4.74 Å². The standard InChI is InChI=1S/C23H29N5O4/c1-5-6-17-9-18-21(26-10-17)32-20(15(2)12-28(22(18)30)16(3)14-29)13-27(4)23(31)19-11-24-7-8-25-19/h5-11,15-16,20,29H,12-14H2,1-4H3/t15-,16-,20+/m0/s1. The van der Waals surface area contributed by atoms with Gasteiger partial charge in [0.15, 0.2) is 0 Å². The van der Waals surface area contributed by atoms with Gasteiger partial charge in [0.1, 0.15) is 17.4 Å². The second kappa shape index (κ2) is 10.3. The number of allylic oxidation sites excluding steroid dienone is 1. The van der Waals surface area contributed by atoms with Crippen molar-refractivity contribution in [3.05, 3.63) is 53.8 Å². The molecule has 3 heterocycles. The van der Waals surface area contributed by atoms with Gasteiger partial charge in [-0.05, 0) is 25.5 Å². The van der Waals surface area contributed by atoms with Crippen LogP contribution in [-0.4, -0.2) is 80.6 Å². The Morgan fingerprint density at radius 2 is 2.16 bits per heavy atom. The van der Waals surface area contributed by atoms with E-state index in [1.807, 2.05) is 26.0 Å². The van der Waals surface area contributed by atoms with E-state index in [0.29, 0.717) is 12.1 Å². The van der Waals surface area contributed by atoms with E-state index in [2.05, 4.69) is 15.0 Å². The molecule has 3 atom stereocenters. The molecule has 1 aliphatic rings. The minimum Gasteiger partial charge on any atom is -0.472 e. The Bertz CT molecular complexity index is 982. The summed E-state index contributed by atoms with van der Waals surface area (Å²) in [5, 5.41) is 9.73. The van der Waals surface area contributed by atoms with Gasteiger partial charge < -0.3 is 19.6 Å². The molecule has 170 valence electrons. The predicted molar refractivity (Wildman–Crippen MR) is 119 cm³/mol. The Hall–Kier alpha value is -3.33. The molecule has 0 aromatic carbocycles. The highest BCUT2D eigenvalue weighted by atomic mass is 16.5. The Balaban J connectivity index is 1.93. The molecule has 1 aliphatic heterocycles. The first kappa shape index (κ1) is 23.3. The van der Waals surface area contributed by atoms with Gasteiger partial charge in [-0.2, -0.15) is 0 Å². The van der Waals surface area contributed by atoms with Crippen molar-refractivity contribution in [2.24, 2.45) is 5.92 Å². The number of pyridine rings is 1. The summed E-state index contributed by atoms with van der Waals surface area (Å²) in [6, 6.07) is 1.37. The van der Waals surface area contributed by atoms with Crippen molar-refractivity contribution in [2.45, 2.75) is 32.9 Å². The average molecular weight is 440 g/mol. The topological polar surface area (TPSA) is 109 Å². The van der Waals surface area contributed by atoms with Gasteiger partial charge in [-0.3, -0.25) is 14.6 Å². The summed E-state index contributed by atoms with van der Waals surface area (Å²) in [4.78, 5) is 41.7. The normalized spacial score (nSPS) is 19.7. The molecule has 0 spiro atoms. The number of fused-ring (bicyclic) bond motifs is 1. The van der Waals surface area contributed by atoms with Crippen molar-refractivity contribution < 1.29 is 19.4 Å². The van der Waals surface area contributed by atoms with Gasteiger partial charge in [-0.25, -0.2) is 9.97 Å². The summed E-state index contributed by atoms with van der Waals surface area (Å²) in [5.41, 5.74) is 1.36. The minimum atomic E-state index is -0.430. The number of ether oxygens (including phenoxy) is 1. The third-order valence-electron chi connectivity index (χ3n) is 5.48. The van der Waals surface area contributed by atoms with E-state index in [-0.39, 0.29) is 48.5 Å². The molecular weight excluding hydrogens is 410 g/mol. The molecule has 0 bridgehead atoms. The van der Waals surface area contributed by atoms with E-state index in [1.54, 1.807) is 31.1 Å². The summed E-state index contributed by atoms with van der Waals surface area (Å²) >= 11 is 0. The first-order valence-corrected chi connectivity index (χ1v) is 10.6. The summed E-state index contributed by atoms with van der Waals surface area (Å²) in [5.74, 6) is -0.426. The zero-order valence-electron chi connectivity index (χ0n) is 18.8. The number of carbonyl (C=O) groups is 2. The van der Waals surface area contributed by atoms with Crippen LogP contribution in [0, 0.1) is 5.92 Å². The second-order valence-electron chi connectivity index (χ2n) is 8.02. The number of carbonyl (C=O) groups excluding carboxylic acids is 2. The molecule has 0 aliphatic carbocycles. The van der Waals surface area contributed by atoms with Gasteiger partial charge in [0.2, 0.25) is 5.88 Å². The molecule has 0 unspecified atom stereocenters. The SMILES string of the molecule is CC=Cc1cnc2c(c1)C(=O)N([C@@H](C)CO)C[C@H](C)[C@@H](CN(C)C(=O)c1cnccn1)O2. The highest BCUT2D eigenvalue weighted by molar-refractivity contribution is 5.97. The summed E-state index contributed by atoms with van der Waals surface area (Å²) in [6.07, 6.45) is 9.33. The first-order chi connectivity index (χ1) is 15.3. The molecule has 0 radical (unpaired) electrons. The van der Waals surface area contributed by atoms with Crippen LogP contribution in [0.25, 0.3) is 6.08 Å². The number of aliphatic hydroxyl groups excluding tert-OH is 1. The van der Waals surface area contributed by atoms with Crippen LogP contribution in [0.4, 0.5) is 0 Å². The van der Waals surface area contributed by atoms with E-state index < -0.39 is 6.10 Å². The fraction of sp³-hybridized carbons (Fsp3) is 0.435. The van der Waals surface area contributed by atoms with Crippen LogP contribution in [0.2, 0.25) is 0 Å². The Morgan fingerprint density at radius 1 is 1.38 bits per heavy atom. The number of likely N-dealkylation sites (N-methyl/N-ethyl adjacent to an activating group) is 1. The molecule has 0 saturated carbocycles. The number of amides is 2. The van der Waals surface area contributed by atoms with Gasteiger partial charge >= 0.3 is 0 Å². The zero-order chi connectivity index (χ0) is 23.3. The zero-order valence-corrected chi connectivity index (χ0v) is 18.8. The molecule has 0 saturated heterocycles. The van der Waals surface area contributed by atoms with E-state index in [0.717, 1.165) is 5.56 Å². The smallest absolute Gasteiger partial charge is 0.273 e. The number of aromatic nitrogens is 3. The molecular formula is C23H29N5O4. The summed E-state index contributed by atoms with van der Waals surface area (Å²) in [6.45, 7) is 6.11. The molecule has 2 aromatic heterocycles. The summed E-state index contributed by atoms with van der Waals surface area (Å²) in [7, 11) is 1.68. The quantitative estimate of drug-likeness (QED) is 0.732. The van der Waals surface area contributed by atoms with Crippen LogP contribution >= 0.6 is 0 Å². The second-order valence-corrected chi connectivity index (χ2v) is 8.02. The first-order valence-electron chi connectivity index (χ1n) is 10.6. The van der Waals surface area contributed by atoms with Crippen molar-refractivity contribution in [3.8, 4) is 5.88 Å². The average Bonchev–Trinajstić information content (AvgIpc) is 2.81. The van der Waals surface area contributed by atoms with Crippen molar-refractivity contribution >= 4 is 17.9 Å². The molecule has 2 amide bonds. The fourth-order valence-electron chi connectivity index (χ4n) is 3.58. The van der Waals surface area contributed by atoms with Crippen LogP contribution in [0.1, 0.15) is 47.2 Å². The molecule has 0 fully saturated rings. The van der Waals surface area contributed by atoms with Crippen molar-refractivity contribution in [2.75, 3.05) is 26.7 Å². The lowest BCUT2D eigenvalue weighted by molar-refractivity contribution is 0.0312. The van der Waals surface area contributed by atoms with Gasteiger partial charge in [0.25, 0.3) is 11.8 Å². The molecule has 9 heteroatoms. The Morgan fingerprint density at radius 3 is 2.81 bits per heavy atom. The van der Waals surface area contributed by atoms with Gasteiger partial charge in [-0.15, -0.1) is 0 Å². The number of aliphatic hydroxyl groups is 1. The largest absolute Gasteiger partial charge is 0.472 e. The number of hydrogen-bond acceptors (Lipinski definition) is 7. The van der Waals surface area contributed by atoms with Gasteiger partial charge in [0, 0.05) is 38.1 Å². The molecule has 32 heavy (non-hydrogen) atoms. The maximum atomic E-state index is 13.3. The number of rotatable bonds is 6. The van der Waals surface area contributed by atoms with Crippen molar-refractivity contribution in [1.82, 2.24) is 24.8 Å². The van der Waals surface area contributed by atoms with Crippen molar-refractivity contribution in [1.29, 1.82) is 0 Å². The van der Waals surface area contributed by atoms with Crippen LogP contribution in [0.3, 0.4) is 0 Å². The maximum Gasteiger partial charge on any atom is 0.273 e. The lowest BCUT2D eigenvalue weighted by Gasteiger charge is -2.37. The van der Waals surface area contributed by atoms with E-state index >= 15 is 0 Å². The predicted octanol–water partition coefficient (Wildman–Crippen LogP) is 1.90. The van der Waals surface area contributed by atoms with Gasteiger partial charge in [-0.1, -0.05) is 19.1 Å². The van der Waals surface area contributed by atoms with Crippen LogP contribution in [0.15, 0.2) is 36.9 Å². The monoisotopic (exact) mass is 439 g/mol. The number of nitrogens with zero attached hydrogens (tertiary/aromatic N) is 5. The highest BCUT2D eigenvalue weighted by Crippen LogP contribution is 2.27. The van der Waals surface area contributed by atoms with E-state index in [9.17, 15) is 14.7 Å². The van der Waals surface area contributed by atoms with Gasteiger partial charge in [0.05, 0.1) is 25.4 Å². The fourth-order valence-corrected chi connectivity index (χ4v) is 3.58. The lowest BCUT2D eigenvalue weighted by atomic mass is 9.99. The molecule has 3 rings (SSSR count). The van der Waals surface area contributed by atoms with E-state index in [1.165, 1.54) is 23.5 Å². The highest BCUT2D eigenvalue weighted by Gasteiger charge is 2.34. The molecule has 2 aromatic rings. The minimum absolute atomic E-state index is 0.129. The maximum absolute atomic E-state index is 13.3. The lowest BCUT2D eigenvalue weighted by Crippen LogP contribution is -2.50. The Labute approximate surface area is 187 Å². The molecule has 1 N–H and O–H groups in total. The van der Waals surface area contributed by atoms with Crippen molar-refractivity contribution in [3.63, 3.8) is 0 Å². The third-order valence-corrected chi connectivity index (χ3v) is 5.48. The Kier molecular flexibility index (Phi) is 7.53. The number of hydrogen-bond donors (Lipinski definition) is 1. The summed E-state index contributed by atoms with van der Waals surface area (Å²) < 4.78 is 6.20.